The van der Waals surface area contributed by atoms with Crippen LogP contribution in [0.1, 0.15) is 89.7 Å². The van der Waals surface area contributed by atoms with E-state index in [0.29, 0.717) is 12.5 Å². The van der Waals surface area contributed by atoms with Gasteiger partial charge in [-0.25, -0.2) is 9.59 Å². The van der Waals surface area contributed by atoms with Gasteiger partial charge in [-0.1, -0.05) is 126 Å². The van der Waals surface area contributed by atoms with E-state index < -0.39 is 24.1 Å². The number of rotatable bonds is 24. The summed E-state index contributed by atoms with van der Waals surface area (Å²) < 4.78 is 10.5. The minimum Gasteiger partial charge on any atom is -0.445 e. The van der Waals surface area contributed by atoms with Crippen LogP contribution in [0.25, 0.3) is 0 Å². The average molecular weight is 653 g/mol. The highest BCUT2D eigenvalue weighted by atomic mass is 16.6. The van der Waals surface area contributed by atoms with Crippen molar-refractivity contribution in [2.45, 2.75) is 104 Å². The Bertz CT molecular complexity index is 1150. The van der Waals surface area contributed by atoms with Crippen LogP contribution >= 0.6 is 0 Å². The van der Waals surface area contributed by atoms with Crippen LogP contribution in [0.2, 0.25) is 0 Å². The van der Waals surface area contributed by atoms with E-state index in [-0.39, 0.29) is 31.7 Å². The highest BCUT2D eigenvalue weighted by molar-refractivity contribution is 5.95. The number of amides is 3. The number of hydrogen-bond donors (Lipinski definition) is 4. The van der Waals surface area contributed by atoms with Crippen LogP contribution in [0.4, 0.5) is 9.59 Å². The fourth-order valence-corrected chi connectivity index (χ4v) is 5.08. The van der Waals surface area contributed by atoms with Gasteiger partial charge in [0.2, 0.25) is 5.91 Å². The highest BCUT2D eigenvalue weighted by Crippen LogP contribution is 2.11. The van der Waals surface area contributed by atoms with Crippen LogP contribution in [-0.4, -0.2) is 56.1 Å². The fraction of sp³-hybridized carbons (Fsp3) is 0.568. The van der Waals surface area contributed by atoms with E-state index in [0.717, 1.165) is 49.6 Å². The number of ether oxygens (including phenoxy) is 2. The smallest absolute Gasteiger partial charge is 0.414 e. The van der Waals surface area contributed by atoms with Crippen molar-refractivity contribution in [2.75, 3.05) is 19.6 Å². The van der Waals surface area contributed by atoms with Crippen molar-refractivity contribution in [3.63, 3.8) is 0 Å². The highest BCUT2D eigenvalue weighted by Gasteiger charge is 2.27. The molecular weight excluding hydrogens is 596 g/mol. The van der Waals surface area contributed by atoms with Crippen LogP contribution in [0.15, 0.2) is 60.7 Å². The molecule has 3 atom stereocenters. The third-order valence-corrected chi connectivity index (χ3v) is 8.03. The maximum absolute atomic E-state index is 13.1. The number of benzene rings is 2. The number of carbonyl (C=O) groups is 4. The van der Waals surface area contributed by atoms with Gasteiger partial charge in [-0.3, -0.25) is 10.1 Å². The van der Waals surface area contributed by atoms with Crippen LogP contribution in [0.5, 0.6) is 0 Å². The summed E-state index contributed by atoms with van der Waals surface area (Å²) in [4.78, 5) is 48.9. The van der Waals surface area contributed by atoms with Gasteiger partial charge in [0.1, 0.15) is 19.5 Å². The molecule has 1 unspecified atom stereocenters. The van der Waals surface area contributed by atoms with Gasteiger partial charge >= 0.3 is 12.2 Å². The predicted octanol–water partition coefficient (Wildman–Crippen LogP) is 6.28. The Kier molecular flexibility index (Phi) is 20.5. The minimum absolute atomic E-state index is 0.0515. The van der Waals surface area contributed by atoms with Crippen molar-refractivity contribution in [1.82, 2.24) is 21.3 Å². The van der Waals surface area contributed by atoms with Crippen molar-refractivity contribution in [1.29, 1.82) is 0 Å². The summed E-state index contributed by atoms with van der Waals surface area (Å²) in [5.41, 5.74) is 1.70. The largest absolute Gasteiger partial charge is 0.445 e. The van der Waals surface area contributed by atoms with Crippen LogP contribution in [0.3, 0.4) is 0 Å². The Morgan fingerprint density at radius 1 is 0.660 bits per heavy atom. The van der Waals surface area contributed by atoms with Gasteiger partial charge in [-0.2, -0.15) is 0 Å². The number of imide groups is 1. The van der Waals surface area contributed by atoms with E-state index in [1.54, 1.807) is 0 Å². The second kappa shape index (κ2) is 24.4. The van der Waals surface area contributed by atoms with E-state index >= 15 is 0 Å². The Labute approximate surface area is 281 Å². The minimum atomic E-state index is -0.815. The van der Waals surface area contributed by atoms with Gasteiger partial charge in [0.15, 0.2) is 0 Å². The van der Waals surface area contributed by atoms with Crippen molar-refractivity contribution in [3.8, 4) is 0 Å². The average Bonchev–Trinajstić information content (AvgIpc) is 3.07. The molecular formula is C37H56N4O6. The molecule has 2 rings (SSSR count). The Hall–Kier alpha value is -3.76. The van der Waals surface area contributed by atoms with Crippen molar-refractivity contribution in [3.05, 3.63) is 71.8 Å². The molecule has 0 radical (unpaired) electrons. The summed E-state index contributed by atoms with van der Waals surface area (Å²) in [6.45, 7) is 7.82. The molecule has 0 saturated heterocycles. The summed E-state index contributed by atoms with van der Waals surface area (Å²) in [7, 11) is 0. The quantitative estimate of drug-likeness (QED) is 0.0769. The van der Waals surface area contributed by atoms with Crippen LogP contribution < -0.4 is 21.3 Å². The van der Waals surface area contributed by atoms with Crippen molar-refractivity contribution < 1.29 is 28.7 Å². The molecule has 0 fully saturated rings. The monoisotopic (exact) mass is 652 g/mol. The molecule has 4 N–H and O–H groups in total. The number of alkyl carbamates (subject to hydrolysis) is 2. The normalized spacial score (nSPS) is 12.9. The fourth-order valence-electron chi connectivity index (χ4n) is 5.08. The zero-order valence-electron chi connectivity index (χ0n) is 28.5. The van der Waals surface area contributed by atoms with Crippen LogP contribution in [-0.2, 0) is 32.3 Å². The lowest BCUT2D eigenvalue weighted by Crippen LogP contribution is -2.52. The lowest BCUT2D eigenvalue weighted by Gasteiger charge is -2.24. The summed E-state index contributed by atoms with van der Waals surface area (Å²) in [6, 6.07) is 17.9. The molecule has 0 spiro atoms. The van der Waals surface area contributed by atoms with Crippen molar-refractivity contribution >= 4 is 24.4 Å². The van der Waals surface area contributed by atoms with E-state index in [4.69, 9.17) is 9.47 Å². The lowest BCUT2D eigenvalue weighted by atomic mass is 10.0. The van der Waals surface area contributed by atoms with E-state index in [1.165, 1.54) is 32.1 Å². The molecule has 3 amide bonds. The standard InChI is InChI=1S/C37H56N4O6/c1-29(2)33(26-42)38-23-17-9-7-5-4-6-8-10-18-24-39-34(35(43)41-37(45)47-28-32-21-15-12-16-22-32)30(3)25-40-36(44)46-27-31-19-13-11-14-20-31/h11-16,19-22,26,29-30,33-34,38-39H,4-10,17-18,23-25,27-28H2,1-3H3,(H,40,44)(H,41,43,45)/t30?,33-,34+/m1/s1. The van der Waals surface area contributed by atoms with Gasteiger partial charge in [0.05, 0.1) is 12.1 Å². The topological polar surface area (TPSA) is 135 Å². The zero-order chi connectivity index (χ0) is 34.1. The number of unbranched alkanes of at least 4 members (excludes halogenated alkanes) is 8. The molecule has 47 heavy (non-hydrogen) atoms. The first-order chi connectivity index (χ1) is 22.8. The van der Waals surface area contributed by atoms with E-state index in [2.05, 4.69) is 35.1 Å². The maximum atomic E-state index is 13.1. The first kappa shape index (κ1) is 39.4. The van der Waals surface area contributed by atoms with Gasteiger partial charge in [0.25, 0.3) is 0 Å². The molecule has 0 aliphatic carbocycles. The maximum Gasteiger partial charge on any atom is 0.414 e. The first-order valence-corrected chi connectivity index (χ1v) is 17.2. The van der Waals surface area contributed by atoms with Gasteiger partial charge in [-0.05, 0) is 48.9 Å². The number of carbonyl (C=O) groups excluding carboxylic acids is 4. The van der Waals surface area contributed by atoms with Gasteiger partial charge in [0, 0.05) is 6.54 Å². The summed E-state index contributed by atoms with van der Waals surface area (Å²) in [6.07, 6.45) is 9.69. The van der Waals surface area contributed by atoms with E-state index in [1.807, 2.05) is 67.6 Å². The van der Waals surface area contributed by atoms with Crippen molar-refractivity contribution in [2.24, 2.45) is 11.8 Å². The van der Waals surface area contributed by atoms with Gasteiger partial charge < -0.3 is 30.2 Å². The van der Waals surface area contributed by atoms with E-state index in [9.17, 15) is 19.2 Å². The second-order valence-electron chi connectivity index (χ2n) is 12.4. The number of nitrogens with one attached hydrogen (secondary N) is 4. The summed E-state index contributed by atoms with van der Waals surface area (Å²) >= 11 is 0. The molecule has 0 bridgehead atoms. The predicted molar refractivity (Wildman–Crippen MR) is 185 cm³/mol. The Morgan fingerprint density at radius 2 is 1.13 bits per heavy atom. The third-order valence-electron chi connectivity index (χ3n) is 8.03. The van der Waals surface area contributed by atoms with Crippen LogP contribution in [0, 0.1) is 11.8 Å². The molecule has 0 heterocycles. The second-order valence-corrected chi connectivity index (χ2v) is 12.4. The molecule has 0 aliphatic rings. The molecule has 0 aliphatic heterocycles. The first-order valence-electron chi connectivity index (χ1n) is 17.2. The number of aldehydes is 1. The molecule has 10 heteroatoms. The molecule has 2 aromatic rings. The SMILES string of the molecule is CC(CNC(=O)OCc1ccccc1)[C@H](NCCCCCCCCCCCN[C@H](C=O)C(C)C)C(=O)NC(=O)OCc1ccccc1. The Balaban J connectivity index is 1.69. The summed E-state index contributed by atoms with van der Waals surface area (Å²) in [5.74, 6) is -0.511. The third kappa shape index (κ3) is 18.2. The Morgan fingerprint density at radius 3 is 1.62 bits per heavy atom. The molecule has 260 valence electrons. The summed E-state index contributed by atoms with van der Waals surface area (Å²) in [5, 5.41) is 11.7. The molecule has 2 aromatic carbocycles. The number of hydrogen-bond acceptors (Lipinski definition) is 8. The lowest BCUT2D eigenvalue weighted by molar-refractivity contribution is -0.123. The molecule has 10 nitrogen and oxygen atoms in total. The van der Waals surface area contributed by atoms with Gasteiger partial charge in [-0.15, -0.1) is 0 Å². The zero-order valence-corrected chi connectivity index (χ0v) is 28.5. The molecule has 0 saturated carbocycles. The molecule has 0 aromatic heterocycles.